The summed E-state index contributed by atoms with van der Waals surface area (Å²) in [5, 5.41) is 2.81. The Hall–Kier alpha value is -1.53. The first-order valence-electron chi connectivity index (χ1n) is 5.98. The lowest BCUT2D eigenvalue weighted by Gasteiger charge is -2.19. The molecular weight excluding hydrogens is 341 g/mol. The molecule has 6 heteroatoms. The van der Waals surface area contributed by atoms with E-state index in [1.165, 1.54) is 18.0 Å². The number of aromatic nitrogens is 2. The molecular formula is C14H11BrFN3S. The minimum Gasteiger partial charge on any atom is -0.355 e. The van der Waals surface area contributed by atoms with Gasteiger partial charge >= 0.3 is 0 Å². The van der Waals surface area contributed by atoms with Crippen LogP contribution < -0.4 is 4.90 Å². The number of hydrogen-bond donors (Lipinski definition) is 0. The molecule has 3 nitrogen and oxygen atoms in total. The number of nitrogens with zero attached hydrogens (tertiary/aromatic N) is 3. The minimum absolute atomic E-state index is 0.321. The van der Waals surface area contributed by atoms with E-state index in [1.54, 1.807) is 17.4 Å². The van der Waals surface area contributed by atoms with Crippen LogP contribution in [-0.4, -0.2) is 17.0 Å². The van der Waals surface area contributed by atoms with Crippen molar-refractivity contribution in [3.8, 4) is 0 Å². The molecule has 0 amide bonds. The van der Waals surface area contributed by atoms with Crippen LogP contribution in [0.3, 0.4) is 0 Å². The molecule has 3 aromatic rings. The highest BCUT2D eigenvalue weighted by molar-refractivity contribution is 9.11. The van der Waals surface area contributed by atoms with Gasteiger partial charge in [-0.1, -0.05) is 6.07 Å². The van der Waals surface area contributed by atoms with Crippen molar-refractivity contribution < 1.29 is 4.39 Å². The molecule has 0 atom stereocenters. The molecule has 0 aliphatic heterocycles. The average molecular weight is 352 g/mol. The summed E-state index contributed by atoms with van der Waals surface area (Å²) in [7, 11) is 1.94. The van der Waals surface area contributed by atoms with Crippen molar-refractivity contribution in [2.45, 2.75) is 6.54 Å². The predicted octanol–water partition coefficient (Wildman–Crippen LogP) is 4.23. The van der Waals surface area contributed by atoms with Gasteiger partial charge in [0.1, 0.15) is 23.5 Å². The summed E-state index contributed by atoms with van der Waals surface area (Å²) >= 11 is 5.10. The maximum atomic E-state index is 13.7. The van der Waals surface area contributed by atoms with E-state index < -0.39 is 0 Å². The Kier molecular flexibility index (Phi) is 3.67. The number of fused-ring (bicyclic) bond motifs is 1. The van der Waals surface area contributed by atoms with Crippen molar-refractivity contribution in [3.05, 3.63) is 51.1 Å². The first kappa shape index (κ1) is 13.5. The van der Waals surface area contributed by atoms with Crippen LogP contribution in [0.25, 0.3) is 10.9 Å². The molecule has 1 aromatic carbocycles. The molecule has 102 valence electrons. The molecule has 0 unspecified atom stereocenters. The largest absolute Gasteiger partial charge is 0.355 e. The average Bonchev–Trinajstić information content (AvgIpc) is 2.84. The van der Waals surface area contributed by atoms with E-state index in [4.69, 9.17) is 0 Å². The van der Waals surface area contributed by atoms with Crippen LogP contribution in [-0.2, 0) is 6.54 Å². The number of anilines is 1. The Morgan fingerprint density at radius 3 is 2.95 bits per heavy atom. The van der Waals surface area contributed by atoms with E-state index in [9.17, 15) is 4.39 Å². The third kappa shape index (κ3) is 2.53. The van der Waals surface area contributed by atoms with Gasteiger partial charge in [-0.25, -0.2) is 14.4 Å². The number of para-hydroxylation sites is 1. The fraction of sp³-hybridized carbons (Fsp3) is 0.143. The monoisotopic (exact) mass is 351 g/mol. The quantitative estimate of drug-likeness (QED) is 0.706. The zero-order valence-electron chi connectivity index (χ0n) is 10.7. The molecule has 2 heterocycles. The minimum atomic E-state index is -0.321. The lowest BCUT2D eigenvalue weighted by molar-refractivity contribution is 0.636. The summed E-state index contributed by atoms with van der Waals surface area (Å²) in [6.45, 7) is 0.713. The van der Waals surface area contributed by atoms with Crippen LogP contribution in [0, 0.1) is 5.82 Å². The molecule has 0 bridgehead atoms. The summed E-state index contributed by atoms with van der Waals surface area (Å²) in [4.78, 5) is 10.3. The molecule has 0 spiro atoms. The van der Waals surface area contributed by atoms with Gasteiger partial charge in [0.05, 0.1) is 3.79 Å². The van der Waals surface area contributed by atoms with E-state index in [0.717, 1.165) is 15.0 Å². The molecule has 20 heavy (non-hydrogen) atoms. The predicted molar refractivity (Wildman–Crippen MR) is 83.6 cm³/mol. The highest BCUT2D eigenvalue weighted by Gasteiger charge is 2.11. The molecule has 2 aromatic heterocycles. The summed E-state index contributed by atoms with van der Waals surface area (Å²) in [6, 6.07) is 7.01. The van der Waals surface area contributed by atoms with Gasteiger partial charge in [-0.2, -0.15) is 0 Å². The first-order chi connectivity index (χ1) is 9.65. The van der Waals surface area contributed by atoms with Crippen molar-refractivity contribution in [1.82, 2.24) is 9.97 Å². The van der Waals surface area contributed by atoms with Gasteiger partial charge in [-0.05, 0) is 45.1 Å². The number of rotatable bonds is 3. The van der Waals surface area contributed by atoms with Gasteiger partial charge in [0.15, 0.2) is 0 Å². The number of benzene rings is 1. The van der Waals surface area contributed by atoms with Gasteiger partial charge in [0, 0.05) is 19.0 Å². The van der Waals surface area contributed by atoms with Crippen LogP contribution in [0.5, 0.6) is 0 Å². The summed E-state index contributed by atoms with van der Waals surface area (Å²) < 4.78 is 14.8. The van der Waals surface area contributed by atoms with E-state index in [1.807, 2.05) is 18.0 Å². The summed E-state index contributed by atoms with van der Waals surface area (Å²) in [5.74, 6) is 0.412. The fourth-order valence-corrected chi connectivity index (χ4v) is 3.32. The molecule has 0 saturated heterocycles. The maximum absolute atomic E-state index is 13.7. The normalized spacial score (nSPS) is 10.9. The zero-order valence-corrected chi connectivity index (χ0v) is 13.1. The van der Waals surface area contributed by atoms with Gasteiger partial charge in [-0.3, -0.25) is 0 Å². The van der Waals surface area contributed by atoms with Crippen LogP contribution in [0.1, 0.15) is 5.56 Å². The van der Waals surface area contributed by atoms with E-state index >= 15 is 0 Å². The lowest BCUT2D eigenvalue weighted by Crippen LogP contribution is -2.17. The number of hydrogen-bond acceptors (Lipinski definition) is 4. The van der Waals surface area contributed by atoms with Crippen LogP contribution in [0.2, 0.25) is 0 Å². The van der Waals surface area contributed by atoms with Gasteiger partial charge in [-0.15, -0.1) is 11.3 Å². The van der Waals surface area contributed by atoms with Crippen LogP contribution >= 0.6 is 27.3 Å². The van der Waals surface area contributed by atoms with Crippen LogP contribution in [0.15, 0.2) is 39.8 Å². The molecule has 0 radical (unpaired) electrons. The van der Waals surface area contributed by atoms with E-state index in [2.05, 4.69) is 37.3 Å². The van der Waals surface area contributed by atoms with Crippen molar-refractivity contribution in [2.24, 2.45) is 0 Å². The van der Waals surface area contributed by atoms with Gasteiger partial charge < -0.3 is 4.90 Å². The standard InChI is InChI=1S/C14H11BrFN3S/c1-19(6-9-5-12(15)20-7-9)14-10-3-2-4-11(16)13(10)17-8-18-14/h2-5,7-8H,6H2,1H3. The third-order valence-corrected chi connectivity index (χ3v) is 4.55. The topological polar surface area (TPSA) is 29.0 Å². The van der Waals surface area contributed by atoms with Crippen molar-refractivity contribution >= 4 is 44.0 Å². The Bertz CT molecular complexity index is 759. The first-order valence-corrected chi connectivity index (χ1v) is 7.65. The Labute approximate surface area is 128 Å². The molecule has 0 aliphatic rings. The smallest absolute Gasteiger partial charge is 0.149 e. The van der Waals surface area contributed by atoms with Crippen molar-refractivity contribution in [3.63, 3.8) is 0 Å². The molecule has 0 aliphatic carbocycles. The maximum Gasteiger partial charge on any atom is 0.149 e. The SMILES string of the molecule is CN(Cc1csc(Br)c1)c1ncnc2c(F)cccc12. The molecule has 0 fully saturated rings. The second-order valence-electron chi connectivity index (χ2n) is 4.45. The van der Waals surface area contributed by atoms with Crippen molar-refractivity contribution in [2.75, 3.05) is 11.9 Å². The van der Waals surface area contributed by atoms with Gasteiger partial charge in [0.25, 0.3) is 0 Å². The number of halogens is 2. The Morgan fingerprint density at radius 1 is 1.35 bits per heavy atom. The molecule has 0 N–H and O–H groups in total. The third-order valence-electron chi connectivity index (χ3n) is 3.00. The highest BCUT2D eigenvalue weighted by atomic mass is 79.9. The fourth-order valence-electron chi connectivity index (χ4n) is 2.12. The molecule has 0 saturated carbocycles. The number of thiophene rings is 1. The lowest BCUT2D eigenvalue weighted by atomic mass is 10.2. The van der Waals surface area contributed by atoms with Crippen LogP contribution in [0.4, 0.5) is 10.2 Å². The highest BCUT2D eigenvalue weighted by Crippen LogP contribution is 2.26. The van der Waals surface area contributed by atoms with Gasteiger partial charge in [0.2, 0.25) is 0 Å². The summed E-state index contributed by atoms with van der Waals surface area (Å²) in [6.07, 6.45) is 1.40. The Morgan fingerprint density at radius 2 is 2.20 bits per heavy atom. The second kappa shape index (κ2) is 5.46. The molecule has 3 rings (SSSR count). The Balaban J connectivity index is 1.99. The second-order valence-corrected chi connectivity index (χ2v) is 6.74. The summed E-state index contributed by atoms with van der Waals surface area (Å²) in [5.41, 5.74) is 1.54. The van der Waals surface area contributed by atoms with Crippen molar-refractivity contribution in [1.29, 1.82) is 0 Å². The van der Waals surface area contributed by atoms with E-state index in [-0.39, 0.29) is 5.82 Å². The van der Waals surface area contributed by atoms with E-state index in [0.29, 0.717) is 12.1 Å². The zero-order chi connectivity index (χ0) is 14.1.